The molecule has 0 radical (unpaired) electrons. The number of nitrogens with zero attached hydrogens (tertiary/aromatic N) is 1. The molecular weight excluding hydrogens is 278 g/mol. The molecule has 1 aromatic carbocycles. The van der Waals surface area contributed by atoms with Crippen LogP contribution < -0.4 is 15.4 Å². The lowest BCUT2D eigenvalue weighted by molar-refractivity contribution is 0.102. The van der Waals surface area contributed by atoms with Crippen LogP contribution >= 0.6 is 0 Å². The van der Waals surface area contributed by atoms with Gasteiger partial charge in [0.2, 0.25) is 0 Å². The Kier molecular flexibility index (Phi) is 5.77. The Morgan fingerprint density at radius 3 is 2.64 bits per heavy atom. The topological polar surface area (TPSA) is 63.2 Å². The largest absolute Gasteiger partial charge is 0.497 e. The summed E-state index contributed by atoms with van der Waals surface area (Å²) in [6.07, 6.45) is 5.49. The smallest absolute Gasteiger partial charge is 0.257 e. The van der Waals surface area contributed by atoms with Crippen LogP contribution in [-0.4, -0.2) is 24.5 Å². The molecule has 0 aliphatic rings. The molecule has 2 N–H and O–H groups in total. The van der Waals surface area contributed by atoms with Crippen LogP contribution in [0.25, 0.3) is 0 Å². The molecule has 1 aromatic heterocycles. The molecule has 0 unspecified atom stereocenters. The minimum Gasteiger partial charge on any atom is -0.497 e. The highest BCUT2D eigenvalue weighted by Gasteiger charge is 2.07. The number of ether oxygens (including phenoxy) is 1. The van der Waals surface area contributed by atoms with Gasteiger partial charge in [-0.2, -0.15) is 0 Å². The van der Waals surface area contributed by atoms with Gasteiger partial charge in [-0.05, 0) is 36.8 Å². The second-order valence-corrected chi connectivity index (χ2v) is 4.93. The van der Waals surface area contributed by atoms with E-state index in [-0.39, 0.29) is 5.91 Å². The number of nitrogens with one attached hydrogen (secondary N) is 2. The van der Waals surface area contributed by atoms with Crippen LogP contribution in [-0.2, 0) is 0 Å². The lowest BCUT2D eigenvalue weighted by Gasteiger charge is -2.08. The zero-order valence-electron chi connectivity index (χ0n) is 12.9. The normalized spacial score (nSPS) is 10.1. The first kappa shape index (κ1) is 15.8. The predicted octanol–water partition coefficient (Wildman–Crippen LogP) is 3.55. The van der Waals surface area contributed by atoms with E-state index in [1.54, 1.807) is 43.8 Å². The number of methoxy groups -OCH3 is 1. The van der Waals surface area contributed by atoms with E-state index in [9.17, 15) is 4.79 Å². The van der Waals surface area contributed by atoms with Crippen molar-refractivity contribution in [2.75, 3.05) is 24.3 Å². The van der Waals surface area contributed by atoms with Crippen LogP contribution in [0.5, 0.6) is 5.75 Å². The summed E-state index contributed by atoms with van der Waals surface area (Å²) in [6, 6.07) is 9.01. The Morgan fingerprint density at radius 1 is 1.18 bits per heavy atom. The average Bonchev–Trinajstić information content (AvgIpc) is 2.56. The Bertz CT molecular complexity index is 612. The maximum Gasteiger partial charge on any atom is 0.257 e. The van der Waals surface area contributed by atoms with Crippen molar-refractivity contribution in [1.29, 1.82) is 0 Å². The van der Waals surface area contributed by atoms with Crippen LogP contribution in [0.1, 0.15) is 30.1 Å². The van der Waals surface area contributed by atoms with Crippen molar-refractivity contribution in [2.24, 2.45) is 0 Å². The summed E-state index contributed by atoms with van der Waals surface area (Å²) in [7, 11) is 1.61. The number of rotatable bonds is 7. The Labute approximate surface area is 130 Å². The monoisotopic (exact) mass is 299 g/mol. The Hall–Kier alpha value is -2.56. The summed E-state index contributed by atoms with van der Waals surface area (Å²) in [5.41, 5.74) is 2.10. The summed E-state index contributed by atoms with van der Waals surface area (Å²) in [6.45, 7) is 3.01. The number of hydrogen-bond acceptors (Lipinski definition) is 4. The van der Waals surface area contributed by atoms with Crippen LogP contribution in [0.2, 0.25) is 0 Å². The molecule has 5 nitrogen and oxygen atoms in total. The molecule has 0 fully saturated rings. The molecule has 0 spiro atoms. The minimum absolute atomic E-state index is 0.184. The van der Waals surface area contributed by atoms with Crippen molar-refractivity contribution in [2.45, 2.75) is 19.8 Å². The van der Waals surface area contributed by atoms with Crippen molar-refractivity contribution in [3.8, 4) is 5.75 Å². The van der Waals surface area contributed by atoms with Gasteiger partial charge in [0.15, 0.2) is 0 Å². The van der Waals surface area contributed by atoms with Crippen molar-refractivity contribution in [3.63, 3.8) is 0 Å². The van der Waals surface area contributed by atoms with E-state index < -0.39 is 0 Å². The highest BCUT2D eigenvalue weighted by Crippen LogP contribution is 2.16. The standard InChI is InChI=1S/C17H21N3O2/c1-3-4-9-19-15-10-13(11-18-12-15)17(21)20-14-5-7-16(22-2)8-6-14/h5-8,10-12,19H,3-4,9H2,1-2H3,(H,20,21). The lowest BCUT2D eigenvalue weighted by atomic mass is 10.2. The zero-order valence-corrected chi connectivity index (χ0v) is 12.9. The second-order valence-electron chi connectivity index (χ2n) is 4.93. The summed E-state index contributed by atoms with van der Waals surface area (Å²) < 4.78 is 5.09. The van der Waals surface area contributed by atoms with E-state index in [0.29, 0.717) is 5.56 Å². The van der Waals surface area contributed by atoms with Crippen LogP contribution in [0.4, 0.5) is 11.4 Å². The SMILES string of the molecule is CCCCNc1cncc(C(=O)Nc2ccc(OC)cc2)c1. The van der Waals surface area contributed by atoms with E-state index in [1.165, 1.54) is 0 Å². The van der Waals surface area contributed by atoms with Gasteiger partial charge < -0.3 is 15.4 Å². The molecule has 0 bridgehead atoms. The average molecular weight is 299 g/mol. The van der Waals surface area contributed by atoms with Gasteiger partial charge in [0, 0.05) is 24.6 Å². The molecule has 0 aliphatic heterocycles. The molecule has 1 amide bonds. The maximum absolute atomic E-state index is 12.2. The predicted molar refractivity (Wildman–Crippen MR) is 88.6 cm³/mol. The Morgan fingerprint density at radius 2 is 1.95 bits per heavy atom. The fraction of sp³-hybridized carbons (Fsp3) is 0.294. The van der Waals surface area contributed by atoms with Gasteiger partial charge in [0.1, 0.15) is 5.75 Å². The zero-order chi connectivity index (χ0) is 15.8. The molecule has 0 atom stereocenters. The number of unbranched alkanes of at least 4 members (excludes halogenated alkanes) is 1. The number of carbonyl (C=O) groups is 1. The third kappa shape index (κ3) is 4.48. The summed E-state index contributed by atoms with van der Waals surface area (Å²) in [5, 5.41) is 6.10. The molecule has 2 rings (SSSR count). The van der Waals surface area contributed by atoms with Crippen molar-refractivity contribution >= 4 is 17.3 Å². The highest BCUT2D eigenvalue weighted by atomic mass is 16.5. The molecular formula is C17H21N3O2. The van der Waals surface area contributed by atoms with Crippen molar-refractivity contribution in [3.05, 3.63) is 48.3 Å². The maximum atomic E-state index is 12.2. The molecule has 1 heterocycles. The number of carbonyl (C=O) groups excluding carboxylic acids is 1. The summed E-state index contributed by atoms with van der Waals surface area (Å²) >= 11 is 0. The van der Waals surface area contributed by atoms with E-state index in [4.69, 9.17) is 4.74 Å². The number of benzene rings is 1. The number of amides is 1. The van der Waals surface area contributed by atoms with E-state index >= 15 is 0 Å². The number of hydrogen-bond donors (Lipinski definition) is 2. The molecule has 0 saturated heterocycles. The molecule has 22 heavy (non-hydrogen) atoms. The molecule has 2 aromatic rings. The molecule has 0 aliphatic carbocycles. The van der Waals surface area contributed by atoms with Gasteiger partial charge in [-0.15, -0.1) is 0 Å². The van der Waals surface area contributed by atoms with Gasteiger partial charge in [0.05, 0.1) is 18.4 Å². The number of anilines is 2. The number of pyridine rings is 1. The summed E-state index contributed by atoms with van der Waals surface area (Å²) in [4.78, 5) is 16.4. The first-order valence-corrected chi connectivity index (χ1v) is 7.37. The Balaban J connectivity index is 2.00. The van der Waals surface area contributed by atoms with E-state index in [2.05, 4.69) is 22.5 Å². The summed E-state index contributed by atoms with van der Waals surface area (Å²) in [5.74, 6) is 0.568. The third-order valence-corrected chi connectivity index (χ3v) is 3.21. The minimum atomic E-state index is -0.184. The first-order chi connectivity index (χ1) is 10.7. The number of aromatic nitrogens is 1. The molecule has 0 saturated carbocycles. The quantitative estimate of drug-likeness (QED) is 0.767. The van der Waals surface area contributed by atoms with Crippen LogP contribution in [0.3, 0.4) is 0 Å². The van der Waals surface area contributed by atoms with E-state index in [1.807, 2.05) is 6.07 Å². The van der Waals surface area contributed by atoms with E-state index in [0.717, 1.165) is 36.5 Å². The van der Waals surface area contributed by atoms with Gasteiger partial charge in [-0.1, -0.05) is 13.3 Å². The molecule has 5 heteroatoms. The lowest BCUT2D eigenvalue weighted by Crippen LogP contribution is -2.13. The fourth-order valence-electron chi connectivity index (χ4n) is 1.95. The first-order valence-electron chi connectivity index (χ1n) is 7.37. The van der Waals surface area contributed by atoms with Crippen molar-refractivity contribution in [1.82, 2.24) is 4.98 Å². The van der Waals surface area contributed by atoms with Gasteiger partial charge >= 0.3 is 0 Å². The van der Waals surface area contributed by atoms with Crippen molar-refractivity contribution < 1.29 is 9.53 Å². The van der Waals surface area contributed by atoms with Crippen LogP contribution in [0, 0.1) is 0 Å². The van der Waals surface area contributed by atoms with Gasteiger partial charge in [-0.25, -0.2) is 0 Å². The van der Waals surface area contributed by atoms with Gasteiger partial charge in [-0.3, -0.25) is 9.78 Å². The highest BCUT2D eigenvalue weighted by molar-refractivity contribution is 6.04. The molecule has 116 valence electrons. The second kappa shape index (κ2) is 8.02. The van der Waals surface area contributed by atoms with Gasteiger partial charge in [0.25, 0.3) is 5.91 Å². The third-order valence-electron chi connectivity index (χ3n) is 3.21. The van der Waals surface area contributed by atoms with Crippen LogP contribution in [0.15, 0.2) is 42.7 Å². The fourth-order valence-corrected chi connectivity index (χ4v) is 1.95.